The van der Waals surface area contributed by atoms with Gasteiger partial charge in [-0.05, 0) is 31.9 Å². The summed E-state index contributed by atoms with van der Waals surface area (Å²) in [6.45, 7) is 3.14. The number of carbonyl (C=O) groups is 1. The number of carbonyl (C=O) groups excluding carboxylic acids is 1. The Labute approximate surface area is 198 Å². The van der Waals surface area contributed by atoms with Gasteiger partial charge in [0, 0.05) is 49.9 Å². The standard InChI is InChI=1S/C24H24F5N5O/c1-14-21-17(24(27,28)29)11-19(15-5-6-15)30-23(21)34(31-14)13-20(35)33-9-7-32(8-10-33)12-16-3-2-4-18(25)22(16)26/h2-4,11,15H,5-10,12-13H2,1H3. The zero-order valence-corrected chi connectivity index (χ0v) is 19.1. The minimum atomic E-state index is -4.55. The summed E-state index contributed by atoms with van der Waals surface area (Å²) in [7, 11) is 0. The summed E-state index contributed by atoms with van der Waals surface area (Å²) in [6.07, 6.45) is -2.96. The van der Waals surface area contributed by atoms with E-state index in [1.165, 1.54) is 23.7 Å². The summed E-state index contributed by atoms with van der Waals surface area (Å²) in [5, 5.41) is 4.15. The van der Waals surface area contributed by atoms with Crippen molar-refractivity contribution >= 4 is 16.9 Å². The van der Waals surface area contributed by atoms with Gasteiger partial charge in [0.05, 0.1) is 16.6 Å². The number of benzene rings is 1. The molecular formula is C24H24F5N5O. The summed E-state index contributed by atoms with van der Waals surface area (Å²) >= 11 is 0. The third-order valence-electron chi connectivity index (χ3n) is 6.63. The van der Waals surface area contributed by atoms with Gasteiger partial charge in [-0.25, -0.2) is 18.4 Å². The van der Waals surface area contributed by atoms with Crippen LogP contribution in [0.15, 0.2) is 24.3 Å². The van der Waals surface area contributed by atoms with E-state index in [-0.39, 0.29) is 47.2 Å². The Morgan fingerprint density at radius 3 is 2.49 bits per heavy atom. The number of hydrogen-bond donors (Lipinski definition) is 0. The first kappa shape index (κ1) is 23.7. The highest BCUT2D eigenvalue weighted by Crippen LogP contribution is 2.43. The second kappa shape index (κ2) is 8.85. The molecule has 186 valence electrons. The normalized spacial score (nSPS) is 17.4. The summed E-state index contributed by atoms with van der Waals surface area (Å²) in [5.74, 6) is -2.04. The number of aromatic nitrogens is 3. The number of fused-ring (bicyclic) bond motifs is 1. The molecule has 1 amide bonds. The van der Waals surface area contributed by atoms with Gasteiger partial charge >= 0.3 is 6.18 Å². The van der Waals surface area contributed by atoms with Gasteiger partial charge in [0.1, 0.15) is 6.54 Å². The van der Waals surface area contributed by atoms with E-state index >= 15 is 0 Å². The number of hydrogen-bond acceptors (Lipinski definition) is 4. The first-order chi connectivity index (χ1) is 16.6. The van der Waals surface area contributed by atoms with Gasteiger partial charge in [-0.15, -0.1) is 0 Å². The lowest BCUT2D eigenvalue weighted by Crippen LogP contribution is -2.49. The molecule has 1 aromatic carbocycles. The highest BCUT2D eigenvalue weighted by Gasteiger charge is 2.38. The van der Waals surface area contributed by atoms with Gasteiger partial charge < -0.3 is 4.90 Å². The molecule has 0 atom stereocenters. The van der Waals surface area contributed by atoms with Crippen LogP contribution >= 0.6 is 0 Å². The van der Waals surface area contributed by atoms with Crippen molar-refractivity contribution in [3.8, 4) is 0 Å². The van der Waals surface area contributed by atoms with E-state index in [1.807, 2.05) is 4.90 Å². The maximum Gasteiger partial charge on any atom is 0.417 e. The largest absolute Gasteiger partial charge is 0.417 e. The van der Waals surface area contributed by atoms with E-state index < -0.39 is 23.4 Å². The summed E-state index contributed by atoms with van der Waals surface area (Å²) in [6, 6.07) is 5.16. The molecule has 35 heavy (non-hydrogen) atoms. The van der Waals surface area contributed by atoms with Crippen molar-refractivity contribution in [1.82, 2.24) is 24.6 Å². The molecule has 0 N–H and O–H groups in total. The molecule has 1 saturated carbocycles. The Hall–Kier alpha value is -3.08. The minimum absolute atomic E-state index is 0.0101. The molecule has 0 spiro atoms. The van der Waals surface area contributed by atoms with Gasteiger partial charge in [0.2, 0.25) is 5.91 Å². The van der Waals surface area contributed by atoms with Crippen molar-refractivity contribution in [1.29, 1.82) is 0 Å². The number of piperazine rings is 1. The summed E-state index contributed by atoms with van der Waals surface area (Å²) in [5.41, 5.74) is 0.126. The van der Waals surface area contributed by atoms with Crippen LogP contribution in [0.1, 0.15) is 41.3 Å². The Morgan fingerprint density at radius 1 is 1.11 bits per heavy atom. The molecule has 3 heterocycles. The predicted molar refractivity (Wildman–Crippen MR) is 117 cm³/mol. The number of halogens is 5. The maximum atomic E-state index is 14.0. The molecule has 11 heteroatoms. The van der Waals surface area contributed by atoms with Crippen LogP contribution in [0.25, 0.3) is 11.0 Å². The van der Waals surface area contributed by atoms with E-state index in [0.29, 0.717) is 31.9 Å². The average molecular weight is 493 g/mol. The zero-order chi connectivity index (χ0) is 24.9. The number of amides is 1. The number of nitrogens with zero attached hydrogens (tertiary/aromatic N) is 5. The second-order valence-electron chi connectivity index (χ2n) is 9.18. The minimum Gasteiger partial charge on any atom is -0.339 e. The summed E-state index contributed by atoms with van der Waals surface area (Å²) < 4.78 is 70.0. The van der Waals surface area contributed by atoms with Crippen LogP contribution in [0.3, 0.4) is 0 Å². The highest BCUT2D eigenvalue weighted by atomic mass is 19.4. The maximum absolute atomic E-state index is 14.0. The number of aryl methyl sites for hydroxylation is 1. The van der Waals surface area contributed by atoms with Crippen molar-refractivity contribution < 1.29 is 26.7 Å². The Bertz CT molecular complexity index is 1280. The lowest BCUT2D eigenvalue weighted by Gasteiger charge is -2.34. The first-order valence-corrected chi connectivity index (χ1v) is 11.5. The quantitative estimate of drug-likeness (QED) is 0.499. The molecule has 2 fully saturated rings. The fourth-order valence-corrected chi connectivity index (χ4v) is 4.59. The fraction of sp³-hybridized carbons (Fsp3) is 0.458. The topological polar surface area (TPSA) is 54.3 Å². The molecule has 1 saturated heterocycles. The second-order valence-corrected chi connectivity index (χ2v) is 9.18. The van der Waals surface area contributed by atoms with Crippen LogP contribution in [0, 0.1) is 18.6 Å². The molecule has 2 aliphatic rings. The number of pyridine rings is 1. The van der Waals surface area contributed by atoms with E-state index in [9.17, 15) is 26.7 Å². The van der Waals surface area contributed by atoms with Crippen molar-refractivity contribution in [3.63, 3.8) is 0 Å². The molecular weight excluding hydrogens is 469 g/mol. The SMILES string of the molecule is Cc1nn(CC(=O)N2CCN(Cc3cccc(F)c3F)CC2)c2nc(C3CC3)cc(C(F)(F)F)c12. The molecule has 0 bridgehead atoms. The molecule has 3 aromatic rings. The highest BCUT2D eigenvalue weighted by molar-refractivity contribution is 5.85. The lowest BCUT2D eigenvalue weighted by atomic mass is 10.1. The van der Waals surface area contributed by atoms with Gasteiger partial charge in [-0.3, -0.25) is 9.69 Å². The van der Waals surface area contributed by atoms with Crippen molar-refractivity contribution in [2.75, 3.05) is 26.2 Å². The van der Waals surface area contributed by atoms with E-state index in [2.05, 4.69) is 10.1 Å². The number of rotatable bonds is 5. The monoisotopic (exact) mass is 493 g/mol. The van der Waals surface area contributed by atoms with Crippen molar-refractivity contribution in [3.05, 3.63) is 58.4 Å². The molecule has 1 aliphatic heterocycles. The predicted octanol–water partition coefficient (Wildman–Crippen LogP) is 4.26. The molecule has 1 aliphatic carbocycles. The van der Waals surface area contributed by atoms with Crippen LogP contribution in [0.5, 0.6) is 0 Å². The van der Waals surface area contributed by atoms with Gasteiger partial charge in [-0.2, -0.15) is 18.3 Å². The van der Waals surface area contributed by atoms with Crippen molar-refractivity contribution in [2.45, 2.75) is 44.9 Å². The fourth-order valence-electron chi connectivity index (χ4n) is 4.59. The van der Waals surface area contributed by atoms with Crippen LogP contribution < -0.4 is 0 Å². The van der Waals surface area contributed by atoms with E-state index in [1.54, 1.807) is 4.90 Å². The molecule has 5 rings (SSSR count). The first-order valence-electron chi connectivity index (χ1n) is 11.5. The van der Waals surface area contributed by atoms with Crippen LogP contribution in [-0.4, -0.2) is 56.7 Å². The van der Waals surface area contributed by atoms with Crippen LogP contribution in [-0.2, 0) is 24.1 Å². The van der Waals surface area contributed by atoms with Gasteiger partial charge in [-0.1, -0.05) is 12.1 Å². The van der Waals surface area contributed by atoms with Crippen molar-refractivity contribution in [2.24, 2.45) is 0 Å². The van der Waals surface area contributed by atoms with Crippen LogP contribution in [0.2, 0.25) is 0 Å². The third kappa shape index (κ3) is 4.73. The molecule has 0 unspecified atom stereocenters. The van der Waals surface area contributed by atoms with E-state index in [4.69, 9.17) is 0 Å². The zero-order valence-electron chi connectivity index (χ0n) is 19.1. The average Bonchev–Trinajstić information content (AvgIpc) is 3.61. The number of alkyl halides is 3. The van der Waals surface area contributed by atoms with Crippen LogP contribution in [0.4, 0.5) is 22.0 Å². The van der Waals surface area contributed by atoms with Gasteiger partial charge in [0.15, 0.2) is 17.3 Å². The van der Waals surface area contributed by atoms with Gasteiger partial charge in [0.25, 0.3) is 0 Å². The molecule has 2 aromatic heterocycles. The molecule has 0 radical (unpaired) electrons. The smallest absolute Gasteiger partial charge is 0.339 e. The van der Waals surface area contributed by atoms with E-state index in [0.717, 1.165) is 25.0 Å². The Morgan fingerprint density at radius 2 is 1.83 bits per heavy atom. The lowest BCUT2D eigenvalue weighted by molar-refractivity contribution is -0.136. The summed E-state index contributed by atoms with van der Waals surface area (Å²) in [4.78, 5) is 21.0. The third-order valence-corrected chi connectivity index (χ3v) is 6.63. The Kier molecular flexibility index (Phi) is 5.98. The Balaban J connectivity index is 1.30. The molecule has 6 nitrogen and oxygen atoms in total.